The van der Waals surface area contributed by atoms with Gasteiger partial charge in [-0.25, -0.2) is 0 Å². The summed E-state index contributed by atoms with van der Waals surface area (Å²) in [6.07, 6.45) is 0.820. The smallest absolute Gasteiger partial charge is 0.310 e. The van der Waals surface area contributed by atoms with Crippen LogP contribution in [0.15, 0.2) is 0 Å². The highest BCUT2D eigenvalue weighted by Gasteiger charge is 2.47. The SMILES string of the molecule is CCC(C)N1C(=O)CC(N(C)C2COCC2C(=O)O)C1=O. The summed E-state index contributed by atoms with van der Waals surface area (Å²) in [5, 5.41) is 9.20. The zero-order chi connectivity index (χ0) is 15.7. The van der Waals surface area contributed by atoms with E-state index < -0.39 is 17.9 Å². The number of aliphatic carboxylic acids is 1. The standard InChI is InChI=1S/C14H22N2O5/c1-4-8(2)16-12(17)5-10(13(16)18)15(3)11-7-21-6-9(11)14(19)20/h8-11H,4-7H2,1-3H3,(H,19,20). The zero-order valence-electron chi connectivity index (χ0n) is 12.6. The van der Waals surface area contributed by atoms with E-state index in [2.05, 4.69) is 0 Å². The lowest BCUT2D eigenvalue weighted by molar-refractivity contribution is -0.146. The molecule has 2 rings (SSSR count). The number of hydrogen-bond acceptors (Lipinski definition) is 5. The number of carbonyl (C=O) groups excluding carboxylic acids is 2. The predicted molar refractivity (Wildman–Crippen MR) is 73.5 cm³/mol. The zero-order valence-corrected chi connectivity index (χ0v) is 12.6. The average Bonchev–Trinajstić information content (AvgIpc) is 3.02. The number of carboxylic acids is 1. The number of rotatable bonds is 5. The second-order valence-electron chi connectivity index (χ2n) is 5.79. The highest BCUT2D eigenvalue weighted by Crippen LogP contribution is 2.27. The van der Waals surface area contributed by atoms with Gasteiger partial charge in [-0.15, -0.1) is 0 Å². The van der Waals surface area contributed by atoms with E-state index in [0.717, 1.165) is 0 Å². The lowest BCUT2D eigenvalue weighted by Gasteiger charge is -2.30. The summed E-state index contributed by atoms with van der Waals surface area (Å²) in [6.45, 7) is 4.19. The molecule has 0 aromatic rings. The maximum absolute atomic E-state index is 12.5. The lowest BCUT2D eigenvalue weighted by Crippen LogP contribution is -2.50. The molecule has 1 N–H and O–H groups in total. The molecular weight excluding hydrogens is 276 g/mol. The first-order chi connectivity index (χ1) is 9.88. The second-order valence-corrected chi connectivity index (χ2v) is 5.79. The molecule has 2 heterocycles. The molecule has 118 valence electrons. The van der Waals surface area contributed by atoms with Crippen LogP contribution in [0.25, 0.3) is 0 Å². The lowest BCUT2D eigenvalue weighted by atomic mass is 10.0. The van der Waals surface area contributed by atoms with Crippen molar-refractivity contribution in [1.29, 1.82) is 0 Å². The van der Waals surface area contributed by atoms with Gasteiger partial charge in [-0.1, -0.05) is 6.92 Å². The monoisotopic (exact) mass is 298 g/mol. The van der Waals surface area contributed by atoms with Gasteiger partial charge in [-0.2, -0.15) is 0 Å². The molecule has 2 aliphatic rings. The van der Waals surface area contributed by atoms with Crippen molar-refractivity contribution in [3.05, 3.63) is 0 Å². The molecule has 0 aliphatic carbocycles. The molecule has 2 fully saturated rings. The molecule has 21 heavy (non-hydrogen) atoms. The van der Waals surface area contributed by atoms with Crippen molar-refractivity contribution in [2.45, 2.75) is 44.8 Å². The minimum absolute atomic E-state index is 0.114. The van der Waals surface area contributed by atoms with Gasteiger partial charge in [0.25, 0.3) is 0 Å². The van der Waals surface area contributed by atoms with E-state index in [1.54, 1.807) is 11.9 Å². The third kappa shape index (κ3) is 2.80. The Bertz CT molecular complexity index is 453. The molecule has 4 unspecified atom stereocenters. The summed E-state index contributed by atoms with van der Waals surface area (Å²) in [4.78, 5) is 38.8. The van der Waals surface area contributed by atoms with Gasteiger partial charge in [0.2, 0.25) is 11.8 Å². The van der Waals surface area contributed by atoms with Crippen LogP contribution in [0, 0.1) is 5.92 Å². The van der Waals surface area contributed by atoms with E-state index in [9.17, 15) is 19.5 Å². The maximum Gasteiger partial charge on any atom is 0.310 e. The normalized spacial score (nSPS) is 31.2. The van der Waals surface area contributed by atoms with E-state index in [0.29, 0.717) is 6.42 Å². The van der Waals surface area contributed by atoms with Crippen LogP contribution >= 0.6 is 0 Å². The number of nitrogens with zero attached hydrogens (tertiary/aromatic N) is 2. The molecule has 0 spiro atoms. The number of carboxylic acid groups (broad SMARTS) is 1. The van der Waals surface area contributed by atoms with Gasteiger partial charge in [-0.05, 0) is 20.4 Å². The Morgan fingerprint density at radius 1 is 1.48 bits per heavy atom. The first kappa shape index (κ1) is 15.9. The Morgan fingerprint density at radius 2 is 2.14 bits per heavy atom. The number of likely N-dealkylation sites (tertiary alicyclic amines) is 1. The van der Waals surface area contributed by atoms with Crippen molar-refractivity contribution >= 4 is 17.8 Å². The molecule has 2 amide bonds. The average molecular weight is 298 g/mol. The van der Waals surface area contributed by atoms with Crippen molar-refractivity contribution in [3.63, 3.8) is 0 Å². The second kappa shape index (κ2) is 6.11. The van der Waals surface area contributed by atoms with Crippen molar-refractivity contribution in [2.24, 2.45) is 5.92 Å². The molecule has 0 bridgehead atoms. The van der Waals surface area contributed by atoms with Crippen LogP contribution in [0.1, 0.15) is 26.7 Å². The van der Waals surface area contributed by atoms with Crippen molar-refractivity contribution in [3.8, 4) is 0 Å². The van der Waals surface area contributed by atoms with Crippen molar-refractivity contribution < 1.29 is 24.2 Å². The van der Waals surface area contributed by atoms with E-state index in [4.69, 9.17) is 4.74 Å². The number of amides is 2. The van der Waals surface area contributed by atoms with E-state index in [-0.39, 0.29) is 43.5 Å². The van der Waals surface area contributed by atoms with Gasteiger partial charge in [0, 0.05) is 12.1 Å². The summed E-state index contributed by atoms with van der Waals surface area (Å²) >= 11 is 0. The highest BCUT2D eigenvalue weighted by atomic mass is 16.5. The molecule has 0 radical (unpaired) electrons. The fraction of sp³-hybridized carbons (Fsp3) is 0.786. The molecule has 2 saturated heterocycles. The Kier molecular flexibility index (Phi) is 4.63. The first-order valence-corrected chi connectivity index (χ1v) is 7.26. The molecule has 0 aromatic heterocycles. The number of imide groups is 1. The number of hydrogen-bond donors (Lipinski definition) is 1. The van der Waals surface area contributed by atoms with E-state index in [1.807, 2.05) is 13.8 Å². The van der Waals surface area contributed by atoms with Crippen LogP contribution in [-0.2, 0) is 19.1 Å². The highest BCUT2D eigenvalue weighted by molar-refractivity contribution is 6.05. The van der Waals surface area contributed by atoms with Gasteiger partial charge in [0.1, 0.15) is 0 Å². The van der Waals surface area contributed by atoms with Gasteiger partial charge >= 0.3 is 5.97 Å². The van der Waals surface area contributed by atoms with E-state index >= 15 is 0 Å². The van der Waals surface area contributed by atoms with Gasteiger partial charge in [0.15, 0.2) is 0 Å². The fourth-order valence-corrected chi connectivity index (χ4v) is 3.01. The maximum atomic E-state index is 12.5. The molecule has 4 atom stereocenters. The third-order valence-corrected chi connectivity index (χ3v) is 4.57. The molecule has 0 aromatic carbocycles. The molecule has 7 heteroatoms. The Labute approximate surface area is 123 Å². The van der Waals surface area contributed by atoms with Crippen molar-refractivity contribution in [1.82, 2.24) is 9.80 Å². The van der Waals surface area contributed by atoms with Crippen LogP contribution in [0.3, 0.4) is 0 Å². The molecule has 2 aliphatic heterocycles. The molecule has 7 nitrogen and oxygen atoms in total. The predicted octanol–water partition coefficient (Wildman–Crippen LogP) is -0.0562. The van der Waals surface area contributed by atoms with Crippen LogP contribution in [-0.4, -0.2) is 71.1 Å². The topological polar surface area (TPSA) is 87.2 Å². The Balaban J connectivity index is 2.13. The van der Waals surface area contributed by atoms with Crippen LogP contribution in [0.5, 0.6) is 0 Å². The summed E-state index contributed by atoms with van der Waals surface area (Å²) in [7, 11) is 1.70. The summed E-state index contributed by atoms with van der Waals surface area (Å²) in [6, 6.07) is -1.08. The van der Waals surface area contributed by atoms with Gasteiger partial charge in [0.05, 0.1) is 31.6 Å². The molecular formula is C14H22N2O5. The number of carbonyl (C=O) groups is 3. The summed E-state index contributed by atoms with van der Waals surface area (Å²) < 4.78 is 5.24. The largest absolute Gasteiger partial charge is 0.481 e. The van der Waals surface area contributed by atoms with E-state index in [1.165, 1.54) is 4.90 Å². The minimum Gasteiger partial charge on any atom is -0.481 e. The Morgan fingerprint density at radius 3 is 2.71 bits per heavy atom. The Hall–Kier alpha value is -1.47. The fourth-order valence-electron chi connectivity index (χ4n) is 3.01. The summed E-state index contributed by atoms with van der Waals surface area (Å²) in [5.74, 6) is -2.00. The quantitative estimate of drug-likeness (QED) is 0.716. The third-order valence-electron chi connectivity index (χ3n) is 4.57. The van der Waals surface area contributed by atoms with Gasteiger partial charge < -0.3 is 9.84 Å². The minimum atomic E-state index is -0.931. The van der Waals surface area contributed by atoms with Crippen LogP contribution in [0.4, 0.5) is 0 Å². The number of likely N-dealkylation sites (N-methyl/N-ethyl adjacent to an activating group) is 1. The summed E-state index contributed by atoms with van der Waals surface area (Å²) in [5.41, 5.74) is 0. The molecule has 0 saturated carbocycles. The van der Waals surface area contributed by atoms with Crippen LogP contribution in [0.2, 0.25) is 0 Å². The van der Waals surface area contributed by atoms with Crippen molar-refractivity contribution in [2.75, 3.05) is 20.3 Å². The van der Waals surface area contributed by atoms with Gasteiger partial charge in [-0.3, -0.25) is 24.2 Å². The first-order valence-electron chi connectivity index (χ1n) is 7.26. The number of ether oxygens (including phenoxy) is 1. The van der Waals surface area contributed by atoms with Crippen LogP contribution < -0.4 is 0 Å².